The van der Waals surface area contributed by atoms with Crippen LogP contribution in [0.5, 0.6) is 0 Å². The summed E-state index contributed by atoms with van der Waals surface area (Å²) in [5.74, 6) is -0.387. The first-order valence-corrected chi connectivity index (χ1v) is 6.39. The smallest absolute Gasteiger partial charge is 0.257 e. The molecule has 106 valence electrons. The van der Waals surface area contributed by atoms with Crippen LogP contribution in [0.25, 0.3) is 0 Å². The summed E-state index contributed by atoms with van der Waals surface area (Å²) in [6.07, 6.45) is 3.16. The lowest BCUT2D eigenvalue weighted by Gasteiger charge is -2.13. The van der Waals surface area contributed by atoms with Crippen LogP contribution in [-0.2, 0) is 7.05 Å². The van der Waals surface area contributed by atoms with Crippen molar-refractivity contribution < 1.29 is 4.79 Å². The van der Waals surface area contributed by atoms with Crippen molar-refractivity contribution in [1.29, 1.82) is 0 Å². The number of aromatic nitrogens is 3. The Hall–Kier alpha value is -2.37. The highest BCUT2D eigenvalue weighted by molar-refractivity contribution is 5.94. The van der Waals surface area contributed by atoms with E-state index in [4.69, 9.17) is 0 Å². The molecule has 6 heteroatoms. The lowest BCUT2D eigenvalue weighted by atomic mass is 10.1. The summed E-state index contributed by atoms with van der Waals surface area (Å²) in [6, 6.07) is 1.20. The summed E-state index contributed by atoms with van der Waals surface area (Å²) in [5, 5.41) is 6.96. The maximum absolute atomic E-state index is 12.1. The molecule has 1 unspecified atom stereocenters. The third-order valence-corrected chi connectivity index (χ3v) is 3.39. The molecule has 0 aliphatic heterocycles. The number of rotatable bonds is 3. The molecule has 1 atom stereocenters. The molecule has 0 fully saturated rings. The number of amides is 1. The maximum Gasteiger partial charge on any atom is 0.257 e. The Morgan fingerprint density at radius 3 is 2.70 bits per heavy atom. The minimum Gasteiger partial charge on any atom is -0.364 e. The average Bonchev–Trinajstić information content (AvgIpc) is 2.69. The van der Waals surface area contributed by atoms with Crippen LogP contribution in [0.2, 0.25) is 0 Å². The van der Waals surface area contributed by atoms with Gasteiger partial charge in [-0.25, -0.2) is 0 Å². The molecule has 2 N–H and O–H groups in total. The molecule has 0 saturated carbocycles. The highest BCUT2D eigenvalue weighted by Crippen LogP contribution is 2.16. The van der Waals surface area contributed by atoms with E-state index in [0.717, 1.165) is 17.0 Å². The Morgan fingerprint density at radius 1 is 1.45 bits per heavy atom. The van der Waals surface area contributed by atoms with E-state index in [9.17, 15) is 9.59 Å². The van der Waals surface area contributed by atoms with Crippen molar-refractivity contribution in [2.45, 2.75) is 26.8 Å². The molecule has 0 radical (unpaired) electrons. The first-order chi connectivity index (χ1) is 9.40. The number of carbonyl (C=O) groups excluding carboxylic acids is 1. The maximum atomic E-state index is 12.1. The standard InChI is InChI=1S/C14H18N4O2/c1-8-5-13(19)12(6-15-8)14(20)17-9(2)11-7-16-18(4)10(11)3/h5-7,9H,1-4H3,(H,15,19)(H,17,20). The van der Waals surface area contributed by atoms with Gasteiger partial charge in [-0.15, -0.1) is 0 Å². The van der Waals surface area contributed by atoms with Gasteiger partial charge in [-0.3, -0.25) is 14.3 Å². The van der Waals surface area contributed by atoms with E-state index in [1.54, 1.807) is 17.8 Å². The zero-order chi connectivity index (χ0) is 14.9. The molecule has 0 aromatic carbocycles. The number of nitrogens with one attached hydrogen (secondary N) is 2. The number of aromatic amines is 1. The van der Waals surface area contributed by atoms with Crippen molar-refractivity contribution >= 4 is 5.91 Å². The Morgan fingerprint density at radius 2 is 2.15 bits per heavy atom. The summed E-state index contributed by atoms with van der Waals surface area (Å²) >= 11 is 0. The van der Waals surface area contributed by atoms with E-state index in [1.807, 2.05) is 20.9 Å². The van der Waals surface area contributed by atoms with E-state index >= 15 is 0 Å². The molecule has 2 aromatic heterocycles. The summed E-state index contributed by atoms with van der Waals surface area (Å²) in [7, 11) is 1.85. The number of hydrogen-bond donors (Lipinski definition) is 2. The molecule has 20 heavy (non-hydrogen) atoms. The van der Waals surface area contributed by atoms with Gasteiger partial charge < -0.3 is 10.3 Å². The lowest BCUT2D eigenvalue weighted by molar-refractivity contribution is 0.0938. The highest BCUT2D eigenvalue weighted by Gasteiger charge is 2.17. The van der Waals surface area contributed by atoms with Crippen molar-refractivity contribution in [3.05, 3.63) is 51.2 Å². The Balaban J connectivity index is 2.19. The van der Waals surface area contributed by atoms with E-state index < -0.39 is 0 Å². The zero-order valence-corrected chi connectivity index (χ0v) is 12.0. The SMILES string of the molecule is Cc1cc(=O)c(C(=O)NC(C)c2cnn(C)c2C)c[nH]1. The van der Waals surface area contributed by atoms with E-state index in [1.165, 1.54) is 12.3 Å². The van der Waals surface area contributed by atoms with Gasteiger partial charge in [0.05, 0.1) is 12.2 Å². The number of pyridine rings is 1. The molecule has 2 rings (SSSR count). The van der Waals surface area contributed by atoms with Gasteiger partial charge in [0.15, 0.2) is 5.43 Å². The summed E-state index contributed by atoms with van der Waals surface area (Å²) in [6.45, 7) is 5.57. The zero-order valence-electron chi connectivity index (χ0n) is 12.0. The van der Waals surface area contributed by atoms with Gasteiger partial charge in [0.25, 0.3) is 5.91 Å². The van der Waals surface area contributed by atoms with Crippen LogP contribution in [0.4, 0.5) is 0 Å². The van der Waals surface area contributed by atoms with E-state index in [2.05, 4.69) is 15.4 Å². The van der Waals surface area contributed by atoms with Gasteiger partial charge in [-0.1, -0.05) is 0 Å². The van der Waals surface area contributed by atoms with Gasteiger partial charge in [-0.05, 0) is 20.8 Å². The number of carbonyl (C=O) groups is 1. The van der Waals surface area contributed by atoms with Crippen LogP contribution in [0.15, 0.2) is 23.3 Å². The second-order valence-corrected chi connectivity index (χ2v) is 4.90. The van der Waals surface area contributed by atoms with Gasteiger partial charge in [0, 0.05) is 36.3 Å². The van der Waals surface area contributed by atoms with Crippen LogP contribution in [0.3, 0.4) is 0 Å². The molecule has 2 heterocycles. The topological polar surface area (TPSA) is 79.8 Å². The minimum atomic E-state index is -0.387. The first kappa shape index (κ1) is 14.0. The van der Waals surface area contributed by atoms with Crippen LogP contribution in [0.1, 0.15) is 40.3 Å². The second-order valence-electron chi connectivity index (χ2n) is 4.90. The predicted molar refractivity (Wildman–Crippen MR) is 75.6 cm³/mol. The number of H-pyrrole nitrogens is 1. The van der Waals surface area contributed by atoms with Crippen LogP contribution in [-0.4, -0.2) is 20.7 Å². The van der Waals surface area contributed by atoms with Crippen molar-refractivity contribution in [2.24, 2.45) is 7.05 Å². The summed E-state index contributed by atoms with van der Waals surface area (Å²) in [5.41, 5.74) is 2.47. The lowest BCUT2D eigenvalue weighted by Crippen LogP contribution is -2.31. The molecule has 0 aliphatic rings. The highest BCUT2D eigenvalue weighted by atomic mass is 16.2. The second kappa shape index (κ2) is 5.32. The fraction of sp³-hybridized carbons (Fsp3) is 0.357. The minimum absolute atomic E-state index is 0.115. The Kier molecular flexibility index (Phi) is 3.74. The first-order valence-electron chi connectivity index (χ1n) is 6.39. The van der Waals surface area contributed by atoms with Gasteiger partial charge >= 0.3 is 0 Å². The van der Waals surface area contributed by atoms with Crippen molar-refractivity contribution in [2.75, 3.05) is 0 Å². The molecule has 0 spiro atoms. The molecule has 6 nitrogen and oxygen atoms in total. The van der Waals surface area contributed by atoms with Crippen molar-refractivity contribution in [3.8, 4) is 0 Å². The molecule has 2 aromatic rings. The largest absolute Gasteiger partial charge is 0.364 e. The Labute approximate surface area is 116 Å². The molecule has 1 amide bonds. The molecular formula is C14H18N4O2. The summed E-state index contributed by atoms with van der Waals surface area (Å²) < 4.78 is 1.75. The molecular weight excluding hydrogens is 256 g/mol. The third-order valence-electron chi connectivity index (χ3n) is 3.39. The van der Waals surface area contributed by atoms with Crippen LogP contribution in [0, 0.1) is 13.8 Å². The fourth-order valence-electron chi connectivity index (χ4n) is 2.04. The number of hydrogen-bond acceptors (Lipinski definition) is 3. The monoisotopic (exact) mass is 274 g/mol. The molecule has 0 saturated heterocycles. The number of nitrogens with zero attached hydrogens (tertiary/aromatic N) is 2. The molecule has 0 aliphatic carbocycles. The fourth-order valence-corrected chi connectivity index (χ4v) is 2.04. The molecule has 0 bridgehead atoms. The van der Waals surface area contributed by atoms with Crippen molar-refractivity contribution in [3.63, 3.8) is 0 Å². The Bertz CT molecular complexity index is 699. The third kappa shape index (κ3) is 2.64. The van der Waals surface area contributed by atoms with Crippen LogP contribution < -0.4 is 10.7 Å². The normalized spacial score (nSPS) is 12.2. The number of aryl methyl sites for hydroxylation is 2. The summed E-state index contributed by atoms with van der Waals surface area (Å²) in [4.78, 5) is 26.8. The van der Waals surface area contributed by atoms with Crippen LogP contribution >= 0.6 is 0 Å². The van der Waals surface area contributed by atoms with Gasteiger partial charge in [-0.2, -0.15) is 5.10 Å². The van der Waals surface area contributed by atoms with Crippen molar-refractivity contribution in [1.82, 2.24) is 20.1 Å². The predicted octanol–water partition coefficient (Wildman–Crippen LogP) is 1.22. The van der Waals surface area contributed by atoms with E-state index in [0.29, 0.717) is 0 Å². The average molecular weight is 274 g/mol. The van der Waals surface area contributed by atoms with E-state index in [-0.39, 0.29) is 22.9 Å². The van der Waals surface area contributed by atoms with Gasteiger partial charge in [0.1, 0.15) is 5.56 Å². The quantitative estimate of drug-likeness (QED) is 0.883. The van der Waals surface area contributed by atoms with Gasteiger partial charge in [0.2, 0.25) is 0 Å².